The second-order valence-corrected chi connectivity index (χ2v) is 7.33. The van der Waals surface area contributed by atoms with E-state index in [-0.39, 0.29) is 18.5 Å². The summed E-state index contributed by atoms with van der Waals surface area (Å²) >= 11 is 1.31. The van der Waals surface area contributed by atoms with Crippen LogP contribution in [-0.4, -0.2) is 22.5 Å². The predicted molar refractivity (Wildman–Crippen MR) is 105 cm³/mol. The number of anilines is 1. The lowest BCUT2D eigenvalue weighted by molar-refractivity contribution is 0.103. The van der Waals surface area contributed by atoms with E-state index in [2.05, 4.69) is 10.4 Å². The highest BCUT2D eigenvalue weighted by Crippen LogP contribution is 2.36. The Morgan fingerprint density at radius 3 is 2.86 bits per heavy atom. The first kappa shape index (κ1) is 16.8. The van der Waals surface area contributed by atoms with E-state index < -0.39 is 0 Å². The number of benzene rings is 2. The van der Waals surface area contributed by atoms with Gasteiger partial charge in [-0.15, -0.1) is 11.3 Å². The van der Waals surface area contributed by atoms with Crippen molar-refractivity contribution in [3.8, 4) is 22.8 Å². The Kier molecular flexibility index (Phi) is 3.80. The van der Waals surface area contributed by atoms with Crippen molar-refractivity contribution in [3.63, 3.8) is 0 Å². The summed E-state index contributed by atoms with van der Waals surface area (Å²) in [7, 11) is 1.78. The van der Waals surface area contributed by atoms with Crippen LogP contribution in [0, 0.1) is 5.82 Å². The minimum absolute atomic E-state index is 0.175. The first-order chi connectivity index (χ1) is 13.6. The third kappa shape index (κ3) is 2.69. The van der Waals surface area contributed by atoms with E-state index in [0.717, 1.165) is 10.2 Å². The van der Waals surface area contributed by atoms with Crippen LogP contribution in [0.5, 0.6) is 11.5 Å². The monoisotopic (exact) mass is 395 g/mol. The molecular weight excluding hydrogens is 381 g/mol. The lowest BCUT2D eigenvalue weighted by Crippen LogP contribution is -2.10. The Bertz CT molecular complexity index is 1230. The molecule has 2 aromatic heterocycles. The van der Waals surface area contributed by atoms with Crippen molar-refractivity contribution in [1.82, 2.24) is 9.78 Å². The molecule has 0 unspecified atom stereocenters. The normalized spacial score (nSPS) is 12.5. The summed E-state index contributed by atoms with van der Waals surface area (Å²) in [5, 5.41) is 8.03. The number of carbonyl (C=O) groups excluding carboxylic acids is 1. The molecule has 28 heavy (non-hydrogen) atoms. The molecule has 1 N–H and O–H groups in total. The van der Waals surface area contributed by atoms with Crippen LogP contribution in [0.3, 0.4) is 0 Å². The van der Waals surface area contributed by atoms with Gasteiger partial charge in [0.05, 0.1) is 4.88 Å². The minimum atomic E-state index is -0.347. The Hall–Kier alpha value is -3.39. The van der Waals surface area contributed by atoms with Gasteiger partial charge in [-0.3, -0.25) is 9.48 Å². The summed E-state index contributed by atoms with van der Waals surface area (Å²) < 4.78 is 26.5. The van der Waals surface area contributed by atoms with Crippen LogP contribution in [0.1, 0.15) is 9.67 Å². The topological polar surface area (TPSA) is 65.4 Å². The van der Waals surface area contributed by atoms with E-state index in [1.54, 1.807) is 54.2 Å². The minimum Gasteiger partial charge on any atom is -0.454 e. The van der Waals surface area contributed by atoms with Gasteiger partial charge in [-0.25, -0.2) is 4.39 Å². The highest BCUT2D eigenvalue weighted by molar-refractivity contribution is 7.20. The standard InChI is InChI=1S/C20H14FN3O3S/c1-24-20-13(18(23-24)12-4-2-3-5-14(12)21)9-17(28-20)19(25)22-11-6-7-15-16(8-11)27-10-26-15/h2-9H,10H2,1H3,(H,22,25). The molecule has 0 aliphatic carbocycles. The van der Waals surface area contributed by atoms with Gasteiger partial charge in [-0.2, -0.15) is 5.10 Å². The van der Waals surface area contributed by atoms with E-state index >= 15 is 0 Å². The molecule has 0 atom stereocenters. The zero-order valence-corrected chi connectivity index (χ0v) is 15.5. The SMILES string of the molecule is Cn1nc(-c2ccccc2F)c2cc(C(=O)Nc3ccc4c(c3)OCO4)sc21. The fourth-order valence-corrected chi connectivity index (χ4v) is 4.14. The maximum Gasteiger partial charge on any atom is 0.265 e. The molecule has 0 bridgehead atoms. The highest BCUT2D eigenvalue weighted by atomic mass is 32.1. The number of nitrogens with zero attached hydrogens (tertiary/aromatic N) is 2. The van der Waals surface area contributed by atoms with E-state index in [4.69, 9.17) is 9.47 Å². The summed E-state index contributed by atoms with van der Waals surface area (Å²) in [5.41, 5.74) is 1.54. The van der Waals surface area contributed by atoms with Crippen molar-refractivity contribution in [2.75, 3.05) is 12.1 Å². The summed E-state index contributed by atoms with van der Waals surface area (Å²) in [4.78, 5) is 14.0. The highest BCUT2D eigenvalue weighted by Gasteiger charge is 2.20. The van der Waals surface area contributed by atoms with Crippen LogP contribution in [0.15, 0.2) is 48.5 Å². The molecular formula is C20H14FN3O3S. The third-order valence-corrected chi connectivity index (χ3v) is 5.70. The molecule has 1 amide bonds. The van der Waals surface area contributed by atoms with Gasteiger partial charge >= 0.3 is 0 Å². The predicted octanol–water partition coefficient (Wildman–Crippen LogP) is 4.42. The first-order valence-corrected chi connectivity index (χ1v) is 9.34. The molecule has 8 heteroatoms. The molecule has 6 nitrogen and oxygen atoms in total. The number of nitrogens with one attached hydrogen (secondary N) is 1. The molecule has 140 valence electrons. The average molecular weight is 395 g/mol. The van der Waals surface area contributed by atoms with E-state index in [9.17, 15) is 9.18 Å². The number of thiophene rings is 1. The second-order valence-electron chi connectivity index (χ2n) is 6.30. The Labute approximate surface area is 163 Å². The number of carbonyl (C=O) groups is 1. The number of halogens is 1. The summed E-state index contributed by atoms with van der Waals surface area (Å²) in [6, 6.07) is 13.5. The van der Waals surface area contributed by atoms with Gasteiger partial charge < -0.3 is 14.8 Å². The zero-order chi connectivity index (χ0) is 19.3. The molecule has 0 saturated heterocycles. The van der Waals surface area contributed by atoms with Gasteiger partial charge in [0.25, 0.3) is 5.91 Å². The van der Waals surface area contributed by atoms with Crippen LogP contribution in [0.25, 0.3) is 21.5 Å². The smallest absolute Gasteiger partial charge is 0.265 e. The fourth-order valence-electron chi connectivity index (χ4n) is 3.17. The average Bonchev–Trinajstić information content (AvgIpc) is 3.38. The Morgan fingerprint density at radius 1 is 1.18 bits per heavy atom. The van der Waals surface area contributed by atoms with Gasteiger partial charge in [0.2, 0.25) is 6.79 Å². The van der Waals surface area contributed by atoms with Crippen molar-refractivity contribution < 1.29 is 18.7 Å². The van der Waals surface area contributed by atoms with Gasteiger partial charge in [0.15, 0.2) is 11.5 Å². The van der Waals surface area contributed by atoms with Crippen LogP contribution >= 0.6 is 11.3 Å². The number of fused-ring (bicyclic) bond motifs is 2. The number of hydrogen-bond acceptors (Lipinski definition) is 5. The fraction of sp³-hybridized carbons (Fsp3) is 0.100. The molecule has 1 aliphatic heterocycles. The van der Waals surface area contributed by atoms with Gasteiger partial charge in [0.1, 0.15) is 16.3 Å². The van der Waals surface area contributed by atoms with Crippen molar-refractivity contribution in [1.29, 1.82) is 0 Å². The number of hydrogen-bond donors (Lipinski definition) is 1. The molecule has 4 aromatic rings. The lowest BCUT2D eigenvalue weighted by atomic mass is 10.1. The number of aryl methyl sites for hydroxylation is 1. The van der Waals surface area contributed by atoms with Crippen molar-refractivity contribution in [3.05, 3.63) is 59.2 Å². The van der Waals surface area contributed by atoms with Crippen LogP contribution in [0.2, 0.25) is 0 Å². The lowest BCUT2D eigenvalue weighted by Gasteiger charge is -2.04. The van der Waals surface area contributed by atoms with Crippen LogP contribution in [0.4, 0.5) is 10.1 Å². The number of ether oxygens (including phenoxy) is 2. The molecule has 3 heterocycles. The van der Waals surface area contributed by atoms with E-state index in [1.165, 1.54) is 17.4 Å². The summed E-state index contributed by atoms with van der Waals surface area (Å²) in [6.07, 6.45) is 0. The van der Waals surface area contributed by atoms with Gasteiger partial charge in [-0.1, -0.05) is 12.1 Å². The molecule has 0 fully saturated rings. The van der Waals surface area contributed by atoms with Gasteiger partial charge in [-0.05, 0) is 30.3 Å². The quantitative estimate of drug-likeness (QED) is 0.558. The van der Waals surface area contributed by atoms with Crippen LogP contribution < -0.4 is 14.8 Å². The largest absolute Gasteiger partial charge is 0.454 e. The molecule has 0 radical (unpaired) electrons. The van der Waals surface area contributed by atoms with Crippen LogP contribution in [-0.2, 0) is 7.05 Å². The first-order valence-electron chi connectivity index (χ1n) is 8.52. The maximum absolute atomic E-state index is 14.2. The number of amides is 1. The Balaban J connectivity index is 1.49. The zero-order valence-electron chi connectivity index (χ0n) is 14.7. The van der Waals surface area contributed by atoms with Gasteiger partial charge in [0, 0.05) is 29.8 Å². The van der Waals surface area contributed by atoms with E-state index in [1.807, 2.05) is 0 Å². The second kappa shape index (κ2) is 6.35. The molecule has 1 aliphatic rings. The molecule has 0 spiro atoms. The number of rotatable bonds is 3. The van der Waals surface area contributed by atoms with E-state index in [0.29, 0.717) is 33.3 Å². The van der Waals surface area contributed by atoms with Crippen molar-refractivity contribution >= 4 is 33.1 Å². The van der Waals surface area contributed by atoms with Crippen molar-refractivity contribution in [2.45, 2.75) is 0 Å². The molecule has 0 saturated carbocycles. The maximum atomic E-state index is 14.2. The third-order valence-electron chi connectivity index (χ3n) is 4.49. The molecule has 2 aromatic carbocycles. The Morgan fingerprint density at radius 2 is 2.00 bits per heavy atom. The van der Waals surface area contributed by atoms with Crippen molar-refractivity contribution in [2.24, 2.45) is 7.05 Å². The number of aromatic nitrogens is 2. The molecule has 5 rings (SSSR count). The summed E-state index contributed by atoms with van der Waals surface area (Å²) in [5.74, 6) is 0.653. The summed E-state index contributed by atoms with van der Waals surface area (Å²) in [6.45, 7) is 0.175.